The van der Waals surface area contributed by atoms with Crippen LogP contribution in [0.1, 0.15) is 36.9 Å². The molecule has 29 heavy (non-hydrogen) atoms. The molecule has 1 N–H and O–H groups in total. The highest BCUT2D eigenvalue weighted by molar-refractivity contribution is 5.81. The van der Waals surface area contributed by atoms with Crippen LogP contribution in [0.3, 0.4) is 0 Å². The van der Waals surface area contributed by atoms with Gasteiger partial charge in [0.15, 0.2) is 0 Å². The summed E-state index contributed by atoms with van der Waals surface area (Å²) in [5.74, 6) is 0.178. The van der Waals surface area contributed by atoms with E-state index in [1.807, 2.05) is 24.3 Å². The van der Waals surface area contributed by atoms with Gasteiger partial charge in [0.1, 0.15) is 11.6 Å². The first kappa shape index (κ1) is 20.8. The normalized spacial score (nSPS) is 18.9. The zero-order valence-electron chi connectivity index (χ0n) is 16.9. The van der Waals surface area contributed by atoms with E-state index in [0.717, 1.165) is 23.3 Å². The zero-order chi connectivity index (χ0) is 20.8. The predicted molar refractivity (Wildman–Crippen MR) is 109 cm³/mol. The second-order valence-corrected chi connectivity index (χ2v) is 7.40. The van der Waals surface area contributed by atoms with E-state index in [0.29, 0.717) is 25.9 Å². The van der Waals surface area contributed by atoms with Gasteiger partial charge >= 0.3 is 0 Å². The number of rotatable bonds is 6. The molecule has 1 heterocycles. The van der Waals surface area contributed by atoms with Crippen LogP contribution >= 0.6 is 0 Å². The highest BCUT2D eigenvalue weighted by Crippen LogP contribution is 2.33. The van der Waals surface area contributed by atoms with Crippen LogP contribution in [0.15, 0.2) is 48.5 Å². The Morgan fingerprint density at radius 3 is 2.41 bits per heavy atom. The van der Waals surface area contributed by atoms with Crippen molar-refractivity contribution in [2.75, 3.05) is 20.2 Å². The van der Waals surface area contributed by atoms with Crippen molar-refractivity contribution in [2.45, 2.75) is 32.2 Å². The first-order chi connectivity index (χ1) is 14.0. The maximum atomic E-state index is 13.2. The fourth-order valence-electron chi connectivity index (χ4n) is 3.83. The summed E-state index contributed by atoms with van der Waals surface area (Å²) >= 11 is 0. The summed E-state index contributed by atoms with van der Waals surface area (Å²) in [5.41, 5.74) is 2.02. The molecule has 2 aromatic carbocycles. The number of nitrogens with zero attached hydrogens (tertiary/aromatic N) is 1. The number of piperidine rings is 1. The Kier molecular flexibility index (Phi) is 6.86. The number of carbonyl (C=O) groups excluding carboxylic acids is 2. The molecule has 2 aromatic rings. The van der Waals surface area contributed by atoms with E-state index in [4.69, 9.17) is 4.74 Å². The van der Waals surface area contributed by atoms with Crippen LogP contribution in [-0.4, -0.2) is 36.9 Å². The van der Waals surface area contributed by atoms with Crippen molar-refractivity contribution in [3.8, 4) is 5.75 Å². The predicted octanol–water partition coefficient (Wildman–Crippen LogP) is 3.49. The Labute approximate surface area is 170 Å². The number of halogens is 1. The molecule has 1 fully saturated rings. The summed E-state index contributed by atoms with van der Waals surface area (Å²) in [6.45, 7) is 2.44. The van der Waals surface area contributed by atoms with Crippen LogP contribution in [0.4, 0.5) is 4.39 Å². The summed E-state index contributed by atoms with van der Waals surface area (Å²) in [6, 6.07) is 13.9. The third-order valence-electron chi connectivity index (χ3n) is 5.48. The van der Waals surface area contributed by atoms with E-state index >= 15 is 0 Å². The second-order valence-electron chi connectivity index (χ2n) is 7.40. The van der Waals surface area contributed by atoms with E-state index in [9.17, 15) is 14.0 Å². The molecule has 0 aliphatic carbocycles. The Hall–Kier alpha value is -2.89. The van der Waals surface area contributed by atoms with Crippen molar-refractivity contribution in [1.82, 2.24) is 10.2 Å². The Morgan fingerprint density at radius 1 is 1.10 bits per heavy atom. The van der Waals surface area contributed by atoms with Crippen LogP contribution < -0.4 is 10.1 Å². The van der Waals surface area contributed by atoms with Gasteiger partial charge in [-0.2, -0.15) is 0 Å². The average Bonchev–Trinajstić information content (AvgIpc) is 2.74. The first-order valence-corrected chi connectivity index (χ1v) is 9.91. The monoisotopic (exact) mass is 398 g/mol. The number of ether oxygens (including phenoxy) is 1. The molecule has 154 valence electrons. The van der Waals surface area contributed by atoms with Crippen LogP contribution in [0.2, 0.25) is 0 Å². The minimum atomic E-state index is -0.298. The van der Waals surface area contributed by atoms with Crippen LogP contribution in [-0.2, 0) is 16.0 Å². The fraction of sp³-hybridized carbons (Fsp3) is 0.391. The van der Waals surface area contributed by atoms with Crippen molar-refractivity contribution in [3.05, 3.63) is 65.5 Å². The lowest BCUT2D eigenvalue weighted by molar-refractivity contribution is -0.137. The van der Waals surface area contributed by atoms with E-state index < -0.39 is 0 Å². The van der Waals surface area contributed by atoms with Crippen molar-refractivity contribution in [3.63, 3.8) is 0 Å². The van der Waals surface area contributed by atoms with E-state index in [1.165, 1.54) is 19.1 Å². The van der Waals surface area contributed by atoms with Gasteiger partial charge in [0.05, 0.1) is 19.1 Å². The Morgan fingerprint density at radius 2 is 1.79 bits per heavy atom. The van der Waals surface area contributed by atoms with Gasteiger partial charge in [-0.25, -0.2) is 4.39 Å². The largest absolute Gasteiger partial charge is 0.497 e. The first-order valence-electron chi connectivity index (χ1n) is 9.91. The third kappa shape index (κ3) is 5.34. The van der Waals surface area contributed by atoms with E-state index in [2.05, 4.69) is 5.32 Å². The van der Waals surface area contributed by atoms with Crippen molar-refractivity contribution < 1.29 is 18.7 Å². The number of carbonyl (C=O) groups is 2. The summed E-state index contributed by atoms with van der Waals surface area (Å²) in [5, 5.41) is 2.99. The highest BCUT2D eigenvalue weighted by atomic mass is 19.1. The molecule has 1 aliphatic rings. The van der Waals surface area contributed by atoms with Crippen molar-refractivity contribution in [2.24, 2.45) is 5.92 Å². The van der Waals surface area contributed by atoms with Gasteiger partial charge in [0, 0.05) is 20.0 Å². The molecule has 0 spiro atoms. The zero-order valence-corrected chi connectivity index (χ0v) is 16.9. The van der Waals surface area contributed by atoms with E-state index in [1.54, 1.807) is 24.1 Å². The van der Waals surface area contributed by atoms with Gasteiger partial charge in [-0.05, 0) is 54.7 Å². The second kappa shape index (κ2) is 9.54. The highest BCUT2D eigenvalue weighted by Gasteiger charge is 2.34. The third-order valence-corrected chi connectivity index (χ3v) is 5.48. The lowest BCUT2D eigenvalue weighted by Gasteiger charge is -2.39. The molecule has 5 nitrogen and oxygen atoms in total. The number of methoxy groups -OCH3 is 1. The summed E-state index contributed by atoms with van der Waals surface area (Å²) in [4.78, 5) is 26.5. The molecule has 0 aromatic heterocycles. The van der Waals surface area contributed by atoms with Crippen LogP contribution in [0.5, 0.6) is 5.75 Å². The van der Waals surface area contributed by atoms with Gasteiger partial charge in [-0.3, -0.25) is 9.59 Å². The van der Waals surface area contributed by atoms with Gasteiger partial charge in [0.2, 0.25) is 11.8 Å². The number of hydrogen-bond acceptors (Lipinski definition) is 3. The molecule has 2 amide bonds. The average molecular weight is 398 g/mol. The van der Waals surface area contributed by atoms with Gasteiger partial charge in [-0.15, -0.1) is 0 Å². The maximum Gasteiger partial charge on any atom is 0.224 e. The van der Waals surface area contributed by atoms with Gasteiger partial charge < -0.3 is 15.0 Å². The fourth-order valence-corrected chi connectivity index (χ4v) is 3.83. The van der Waals surface area contributed by atoms with Crippen molar-refractivity contribution in [1.29, 1.82) is 0 Å². The molecule has 2 atom stereocenters. The molecule has 6 heteroatoms. The molecule has 2 unspecified atom stereocenters. The number of hydrogen-bond donors (Lipinski definition) is 1. The number of nitrogens with one attached hydrogen (secondary N) is 1. The number of amides is 2. The molecule has 3 rings (SSSR count). The Balaban J connectivity index is 1.55. The molecular weight excluding hydrogens is 371 g/mol. The smallest absolute Gasteiger partial charge is 0.224 e. The lowest BCUT2D eigenvalue weighted by atomic mass is 9.88. The van der Waals surface area contributed by atoms with Gasteiger partial charge in [-0.1, -0.05) is 24.3 Å². The van der Waals surface area contributed by atoms with Crippen molar-refractivity contribution >= 4 is 11.8 Å². The van der Waals surface area contributed by atoms with E-state index in [-0.39, 0.29) is 29.6 Å². The Bertz CT molecular complexity index is 836. The molecule has 1 saturated heterocycles. The molecule has 0 saturated carbocycles. The van der Waals surface area contributed by atoms with Gasteiger partial charge in [0.25, 0.3) is 0 Å². The molecular formula is C23H27FN2O3. The summed E-state index contributed by atoms with van der Waals surface area (Å²) in [7, 11) is 1.63. The SMILES string of the molecule is COc1ccc(CCNC(=O)C2CCC(c3ccc(F)cc3)N(C(C)=O)C2)cc1. The maximum absolute atomic E-state index is 13.2. The van der Waals surface area contributed by atoms with Crippen LogP contribution in [0.25, 0.3) is 0 Å². The summed E-state index contributed by atoms with van der Waals surface area (Å²) < 4.78 is 18.4. The van der Waals surface area contributed by atoms with Crippen LogP contribution in [0, 0.1) is 11.7 Å². The quantitative estimate of drug-likeness (QED) is 0.810. The topological polar surface area (TPSA) is 58.6 Å². The molecule has 0 radical (unpaired) electrons. The number of benzene rings is 2. The molecule has 0 bridgehead atoms. The number of likely N-dealkylation sites (tertiary alicyclic amines) is 1. The summed E-state index contributed by atoms with van der Waals surface area (Å²) in [6.07, 6.45) is 2.11. The standard InChI is InChI=1S/C23H27FN2O3/c1-16(27)26-15-19(7-12-22(26)18-5-8-20(24)9-6-18)23(28)25-14-13-17-3-10-21(29-2)11-4-17/h3-6,8-11,19,22H,7,12-15H2,1-2H3,(H,25,28). The minimum absolute atomic E-state index is 0.0256. The lowest BCUT2D eigenvalue weighted by Crippen LogP contribution is -2.46. The minimum Gasteiger partial charge on any atom is -0.497 e. The molecule has 1 aliphatic heterocycles.